The SMILES string of the molecule is CC(=O)O[C@H]1CC[C@]2(CO2)[C@@H]2[C@@H](OC(C)=O)[C@@]3(O)[C@H](/C=C(/C)CC[C@@H](OC(C)=O)[C@@]12C)OC(=O)[C@@H]3C. The number of epoxide rings is 1. The maximum absolute atomic E-state index is 12.8. The molecule has 0 unspecified atom stereocenters. The van der Waals surface area contributed by atoms with Gasteiger partial charge in [-0.05, 0) is 45.6 Å². The van der Waals surface area contributed by atoms with Gasteiger partial charge in [0.1, 0.15) is 18.3 Å². The van der Waals surface area contributed by atoms with Gasteiger partial charge in [0.15, 0.2) is 11.7 Å². The van der Waals surface area contributed by atoms with E-state index in [0.717, 1.165) is 5.57 Å². The summed E-state index contributed by atoms with van der Waals surface area (Å²) < 4.78 is 29.2. The molecular formula is C26H36O10. The molecule has 2 aliphatic carbocycles. The highest BCUT2D eigenvalue weighted by atomic mass is 16.6. The van der Waals surface area contributed by atoms with E-state index < -0.39 is 76.7 Å². The lowest BCUT2D eigenvalue weighted by atomic mass is 9.52. The fourth-order valence-corrected chi connectivity index (χ4v) is 6.76. The molecule has 0 aromatic rings. The number of hydrogen-bond donors (Lipinski definition) is 1. The molecule has 1 N–H and O–H groups in total. The molecule has 1 spiro atoms. The largest absolute Gasteiger partial charge is 0.462 e. The normalized spacial score (nSPS) is 45.3. The van der Waals surface area contributed by atoms with Crippen LogP contribution in [0.15, 0.2) is 11.6 Å². The third kappa shape index (κ3) is 4.22. The first kappa shape index (κ1) is 26.6. The van der Waals surface area contributed by atoms with E-state index >= 15 is 0 Å². The number of aliphatic hydroxyl groups is 1. The van der Waals surface area contributed by atoms with Gasteiger partial charge < -0.3 is 28.8 Å². The summed E-state index contributed by atoms with van der Waals surface area (Å²) >= 11 is 0. The Labute approximate surface area is 210 Å². The predicted octanol–water partition coefficient (Wildman–Crippen LogP) is 2.00. The minimum Gasteiger partial charge on any atom is -0.462 e. The van der Waals surface area contributed by atoms with Gasteiger partial charge in [0.2, 0.25) is 0 Å². The molecule has 2 saturated heterocycles. The van der Waals surface area contributed by atoms with Crippen molar-refractivity contribution in [3.63, 3.8) is 0 Å². The summed E-state index contributed by atoms with van der Waals surface area (Å²) in [5.74, 6) is -4.10. The maximum Gasteiger partial charge on any atom is 0.312 e. The van der Waals surface area contributed by atoms with Crippen LogP contribution >= 0.6 is 0 Å². The van der Waals surface area contributed by atoms with Crippen LogP contribution in [0.1, 0.15) is 67.2 Å². The standard InChI is InChI=1S/C26H36O10/c1-13-7-8-18(33-15(3)27)24(6)19(34-16(4)28)9-10-25(12-32-25)21(24)22(35-17(5)29)26(31)14(2)23(30)36-20(26)11-13/h11,14,18-22,31H,7-10,12H2,1-6H3/b13-11-/t14-,18+,19-,20-,21+,22+,24-,25-,26-/m0/s1. The molecule has 1 saturated carbocycles. The van der Waals surface area contributed by atoms with Gasteiger partial charge in [-0.25, -0.2) is 0 Å². The molecule has 3 fully saturated rings. The number of hydrogen-bond acceptors (Lipinski definition) is 10. The third-order valence-corrected chi connectivity index (χ3v) is 8.62. The molecule has 4 aliphatic rings. The number of carbonyl (C=O) groups is 4. The molecule has 0 radical (unpaired) electrons. The van der Waals surface area contributed by atoms with Crippen molar-refractivity contribution in [2.24, 2.45) is 17.3 Å². The van der Waals surface area contributed by atoms with Crippen LogP contribution in [0.2, 0.25) is 0 Å². The molecule has 0 amide bonds. The van der Waals surface area contributed by atoms with Crippen molar-refractivity contribution in [3.8, 4) is 0 Å². The van der Waals surface area contributed by atoms with Crippen LogP contribution < -0.4 is 0 Å². The fourth-order valence-electron chi connectivity index (χ4n) is 6.76. The van der Waals surface area contributed by atoms with Crippen molar-refractivity contribution in [3.05, 3.63) is 11.6 Å². The maximum atomic E-state index is 12.8. The van der Waals surface area contributed by atoms with Crippen LogP contribution in [0.4, 0.5) is 0 Å². The van der Waals surface area contributed by atoms with E-state index in [2.05, 4.69) is 0 Å². The van der Waals surface area contributed by atoms with Gasteiger partial charge in [-0.1, -0.05) is 12.5 Å². The summed E-state index contributed by atoms with van der Waals surface area (Å²) in [4.78, 5) is 49.8. The van der Waals surface area contributed by atoms with E-state index in [0.29, 0.717) is 32.3 Å². The average molecular weight is 509 g/mol. The number of rotatable bonds is 3. The minimum absolute atomic E-state index is 0.323. The van der Waals surface area contributed by atoms with Crippen molar-refractivity contribution in [2.75, 3.05) is 6.61 Å². The zero-order chi connectivity index (χ0) is 26.6. The fraction of sp³-hybridized carbons (Fsp3) is 0.769. The highest BCUT2D eigenvalue weighted by Gasteiger charge is 2.74. The average Bonchev–Trinajstić information content (AvgIpc) is 3.50. The second-order valence-corrected chi connectivity index (χ2v) is 11.0. The molecule has 10 nitrogen and oxygen atoms in total. The number of carbonyl (C=O) groups excluding carboxylic acids is 4. The quantitative estimate of drug-likeness (QED) is 0.261. The first-order valence-electron chi connectivity index (χ1n) is 12.5. The third-order valence-electron chi connectivity index (χ3n) is 8.62. The van der Waals surface area contributed by atoms with Crippen LogP contribution in [0, 0.1) is 17.3 Å². The summed E-state index contributed by atoms with van der Waals surface area (Å²) in [7, 11) is 0. The molecular weight excluding hydrogens is 472 g/mol. The Hall–Kier alpha value is -2.46. The lowest BCUT2D eigenvalue weighted by molar-refractivity contribution is -0.242. The van der Waals surface area contributed by atoms with Crippen LogP contribution in [-0.2, 0) is 42.9 Å². The van der Waals surface area contributed by atoms with Gasteiger partial charge in [0.25, 0.3) is 0 Å². The number of fused-ring (bicyclic) bond motifs is 3. The van der Waals surface area contributed by atoms with Gasteiger partial charge in [0.05, 0.1) is 23.5 Å². The predicted molar refractivity (Wildman–Crippen MR) is 123 cm³/mol. The molecule has 36 heavy (non-hydrogen) atoms. The van der Waals surface area contributed by atoms with E-state index in [4.69, 9.17) is 23.7 Å². The zero-order valence-electron chi connectivity index (χ0n) is 21.7. The molecule has 2 heterocycles. The minimum atomic E-state index is -1.94. The van der Waals surface area contributed by atoms with Gasteiger partial charge in [0, 0.05) is 26.7 Å². The Morgan fingerprint density at radius 2 is 1.58 bits per heavy atom. The Kier molecular flexibility index (Phi) is 6.75. The van der Waals surface area contributed by atoms with Gasteiger partial charge in [-0.15, -0.1) is 0 Å². The molecule has 0 bridgehead atoms. The molecule has 4 rings (SSSR count). The Bertz CT molecular complexity index is 983. The Balaban J connectivity index is 2.00. The summed E-state index contributed by atoms with van der Waals surface area (Å²) in [5.41, 5.74) is -3.09. The first-order valence-corrected chi connectivity index (χ1v) is 12.5. The first-order chi connectivity index (χ1) is 16.8. The van der Waals surface area contributed by atoms with E-state index in [1.165, 1.54) is 20.8 Å². The molecule has 0 aromatic heterocycles. The summed E-state index contributed by atoms with van der Waals surface area (Å²) in [6, 6.07) is 0. The van der Waals surface area contributed by atoms with Crippen molar-refractivity contribution < 1.29 is 48.0 Å². The second-order valence-electron chi connectivity index (χ2n) is 11.0. The smallest absolute Gasteiger partial charge is 0.312 e. The van der Waals surface area contributed by atoms with Crippen molar-refractivity contribution in [2.45, 2.75) is 103 Å². The molecule has 9 atom stereocenters. The highest BCUT2D eigenvalue weighted by molar-refractivity contribution is 5.77. The van der Waals surface area contributed by atoms with E-state index in [9.17, 15) is 24.3 Å². The van der Waals surface area contributed by atoms with Crippen molar-refractivity contribution in [1.82, 2.24) is 0 Å². The zero-order valence-corrected chi connectivity index (χ0v) is 21.7. The number of esters is 4. The summed E-state index contributed by atoms with van der Waals surface area (Å²) in [6.07, 6.45) is -0.416. The highest BCUT2D eigenvalue weighted by Crippen LogP contribution is 2.62. The van der Waals surface area contributed by atoms with Gasteiger partial charge in [-0.3, -0.25) is 19.2 Å². The lowest BCUT2D eigenvalue weighted by Crippen LogP contribution is -2.69. The monoisotopic (exact) mass is 508 g/mol. The number of ether oxygens (including phenoxy) is 5. The molecule has 0 aromatic carbocycles. The van der Waals surface area contributed by atoms with Crippen molar-refractivity contribution in [1.29, 1.82) is 0 Å². The van der Waals surface area contributed by atoms with E-state index in [1.807, 2.05) is 13.8 Å². The second kappa shape index (κ2) is 9.13. The molecule has 200 valence electrons. The van der Waals surface area contributed by atoms with Crippen molar-refractivity contribution >= 4 is 23.9 Å². The summed E-state index contributed by atoms with van der Waals surface area (Å²) in [5, 5.41) is 12.3. The Morgan fingerprint density at radius 3 is 2.11 bits per heavy atom. The van der Waals surface area contributed by atoms with Crippen LogP contribution in [-0.4, -0.2) is 71.2 Å². The molecule has 2 aliphatic heterocycles. The topological polar surface area (TPSA) is 138 Å². The summed E-state index contributed by atoms with van der Waals surface area (Å²) in [6.45, 7) is 9.38. The lowest BCUT2D eigenvalue weighted by Gasteiger charge is -2.56. The van der Waals surface area contributed by atoms with Crippen LogP contribution in [0.3, 0.4) is 0 Å². The Morgan fingerprint density at radius 1 is 1.03 bits per heavy atom. The van der Waals surface area contributed by atoms with Gasteiger partial charge in [-0.2, -0.15) is 0 Å². The number of allylic oxidation sites excluding steroid dienone is 1. The van der Waals surface area contributed by atoms with E-state index in [1.54, 1.807) is 13.0 Å². The van der Waals surface area contributed by atoms with Crippen LogP contribution in [0.5, 0.6) is 0 Å². The van der Waals surface area contributed by atoms with Crippen LogP contribution in [0.25, 0.3) is 0 Å². The molecule has 10 heteroatoms. The van der Waals surface area contributed by atoms with E-state index in [-0.39, 0.29) is 0 Å². The van der Waals surface area contributed by atoms with Gasteiger partial charge >= 0.3 is 23.9 Å².